The Hall–Kier alpha value is -2.68. The largest absolute Gasteiger partial charge is 0.494 e. The second-order valence-electron chi connectivity index (χ2n) is 5.90. The van der Waals surface area contributed by atoms with Gasteiger partial charge in [-0.2, -0.15) is 0 Å². The molecule has 3 heteroatoms. The minimum absolute atomic E-state index is 0.389. The van der Waals surface area contributed by atoms with Gasteiger partial charge >= 0.3 is 0 Å². The average Bonchev–Trinajstić information content (AvgIpc) is 2.63. The molecule has 0 aliphatic heterocycles. The Balaban J connectivity index is 1.93. The normalized spacial score (nSPS) is 10.7. The van der Waals surface area contributed by atoms with Gasteiger partial charge in [0.2, 0.25) is 0 Å². The van der Waals surface area contributed by atoms with E-state index in [1.807, 2.05) is 48.5 Å². The van der Waals surface area contributed by atoms with E-state index in [2.05, 4.69) is 6.92 Å². The van der Waals surface area contributed by atoms with Crippen LogP contribution in [-0.4, -0.2) is 6.61 Å². The van der Waals surface area contributed by atoms with Crippen molar-refractivity contribution in [3.8, 4) is 28.0 Å². The van der Waals surface area contributed by atoms with Crippen molar-refractivity contribution in [2.75, 3.05) is 6.61 Å². The molecule has 3 aromatic carbocycles. The first kappa shape index (κ1) is 17.2. The van der Waals surface area contributed by atoms with Crippen molar-refractivity contribution in [3.63, 3.8) is 0 Å². The fourth-order valence-electron chi connectivity index (χ4n) is 2.74. The van der Waals surface area contributed by atoms with E-state index >= 15 is 0 Å². The van der Waals surface area contributed by atoms with Gasteiger partial charge in [0.15, 0.2) is 0 Å². The van der Waals surface area contributed by atoms with Crippen molar-refractivity contribution in [2.45, 2.75) is 19.8 Å². The van der Waals surface area contributed by atoms with Gasteiger partial charge in [-0.1, -0.05) is 49.7 Å². The minimum atomic E-state index is -0.577. The predicted octanol–water partition coefficient (Wildman–Crippen LogP) is 6.48. The van der Waals surface area contributed by atoms with Crippen LogP contribution in [0.2, 0.25) is 0 Å². The molecule has 0 radical (unpaired) electrons. The molecule has 0 atom stereocenters. The van der Waals surface area contributed by atoms with Gasteiger partial charge in [0.25, 0.3) is 0 Å². The molecule has 0 heterocycles. The summed E-state index contributed by atoms with van der Waals surface area (Å²) in [5, 5.41) is 0. The molecule has 0 fully saturated rings. The molecule has 0 aromatic heterocycles. The highest BCUT2D eigenvalue weighted by atomic mass is 19.1. The van der Waals surface area contributed by atoms with Crippen LogP contribution in [-0.2, 0) is 0 Å². The van der Waals surface area contributed by atoms with Crippen LogP contribution < -0.4 is 4.74 Å². The minimum Gasteiger partial charge on any atom is -0.494 e. The van der Waals surface area contributed by atoms with Crippen LogP contribution in [0.1, 0.15) is 19.8 Å². The maximum Gasteiger partial charge on any atom is 0.133 e. The highest BCUT2D eigenvalue weighted by Crippen LogP contribution is 2.34. The number of ether oxygens (including phenoxy) is 1. The van der Waals surface area contributed by atoms with Crippen molar-refractivity contribution >= 4 is 0 Å². The summed E-state index contributed by atoms with van der Waals surface area (Å²) in [6.45, 7) is 2.82. The van der Waals surface area contributed by atoms with Crippen LogP contribution in [0.5, 0.6) is 5.75 Å². The molecule has 0 aliphatic rings. The molecule has 3 rings (SSSR count). The molecule has 25 heavy (non-hydrogen) atoms. The number of unbranched alkanes of at least 4 members (excludes halogenated alkanes) is 1. The molecule has 128 valence electrons. The van der Waals surface area contributed by atoms with Crippen molar-refractivity contribution < 1.29 is 13.5 Å². The summed E-state index contributed by atoms with van der Waals surface area (Å²) in [5.41, 5.74) is 2.98. The van der Waals surface area contributed by atoms with Gasteiger partial charge in [-0.3, -0.25) is 0 Å². The van der Waals surface area contributed by atoms with Crippen LogP contribution in [0, 0.1) is 11.6 Å². The maximum atomic E-state index is 14.2. The third-order valence-electron chi connectivity index (χ3n) is 4.08. The molecule has 0 saturated carbocycles. The lowest BCUT2D eigenvalue weighted by atomic mass is 9.94. The van der Waals surface area contributed by atoms with E-state index in [4.69, 9.17) is 4.74 Å². The van der Waals surface area contributed by atoms with Crippen LogP contribution in [0.4, 0.5) is 8.78 Å². The molecule has 0 saturated heterocycles. The van der Waals surface area contributed by atoms with E-state index in [1.165, 1.54) is 12.1 Å². The molecule has 0 unspecified atom stereocenters. The molecule has 3 aromatic rings. The Morgan fingerprint density at radius 3 is 2.20 bits per heavy atom. The Bertz CT molecular complexity index is 841. The number of rotatable bonds is 6. The van der Waals surface area contributed by atoms with Crippen molar-refractivity contribution in [1.29, 1.82) is 0 Å². The molecular formula is C22H20F2O. The second-order valence-corrected chi connectivity index (χ2v) is 5.90. The summed E-state index contributed by atoms with van der Waals surface area (Å²) in [7, 11) is 0. The zero-order valence-electron chi connectivity index (χ0n) is 14.1. The Kier molecular flexibility index (Phi) is 5.44. The third kappa shape index (κ3) is 4.05. The lowest BCUT2D eigenvalue weighted by Crippen LogP contribution is -1.96. The number of benzene rings is 3. The summed E-state index contributed by atoms with van der Waals surface area (Å²) in [4.78, 5) is 0. The summed E-state index contributed by atoms with van der Waals surface area (Å²) in [5.74, 6) is -0.318. The zero-order chi connectivity index (χ0) is 17.6. The van der Waals surface area contributed by atoms with Gasteiger partial charge in [0, 0.05) is 11.6 Å². The van der Waals surface area contributed by atoms with Gasteiger partial charge in [0.05, 0.1) is 6.61 Å². The Morgan fingerprint density at radius 2 is 1.52 bits per heavy atom. The fraction of sp³-hybridized carbons (Fsp3) is 0.182. The van der Waals surface area contributed by atoms with E-state index in [0.29, 0.717) is 12.2 Å². The van der Waals surface area contributed by atoms with Crippen LogP contribution in [0.15, 0.2) is 66.7 Å². The molecule has 0 bridgehead atoms. The monoisotopic (exact) mass is 338 g/mol. The van der Waals surface area contributed by atoms with Gasteiger partial charge in [-0.25, -0.2) is 8.78 Å². The number of hydrogen-bond acceptors (Lipinski definition) is 1. The highest BCUT2D eigenvalue weighted by molar-refractivity contribution is 5.83. The van der Waals surface area contributed by atoms with Crippen molar-refractivity contribution in [1.82, 2.24) is 0 Å². The molecule has 0 amide bonds. The van der Waals surface area contributed by atoms with Gasteiger partial charge in [-0.05, 0) is 47.4 Å². The Morgan fingerprint density at radius 1 is 0.800 bits per heavy atom. The first-order chi connectivity index (χ1) is 12.2. The van der Waals surface area contributed by atoms with Gasteiger partial charge < -0.3 is 4.74 Å². The molecule has 0 N–H and O–H groups in total. The second kappa shape index (κ2) is 7.93. The third-order valence-corrected chi connectivity index (χ3v) is 4.08. The van der Waals surface area contributed by atoms with E-state index in [1.54, 1.807) is 0 Å². The van der Waals surface area contributed by atoms with E-state index in [9.17, 15) is 8.78 Å². The van der Waals surface area contributed by atoms with Crippen LogP contribution in [0.3, 0.4) is 0 Å². The molecule has 0 aliphatic carbocycles. The van der Waals surface area contributed by atoms with Crippen LogP contribution in [0.25, 0.3) is 22.3 Å². The first-order valence-corrected chi connectivity index (χ1v) is 8.46. The summed E-state index contributed by atoms with van der Waals surface area (Å²) in [6, 6.07) is 19.0. The lowest BCUT2D eigenvalue weighted by Gasteiger charge is -2.12. The van der Waals surface area contributed by atoms with Gasteiger partial charge in [0.1, 0.15) is 17.4 Å². The summed E-state index contributed by atoms with van der Waals surface area (Å²) >= 11 is 0. The zero-order valence-corrected chi connectivity index (χ0v) is 14.1. The van der Waals surface area contributed by atoms with Crippen LogP contribution >= 0.6 is 0 Å². The summed E-state index contributed by atoms with van der Waals surface area (Å²) in [6.07, 6.45) is 2.11. The molecule has 0 spiro atoms. The SMILES string of the molecule is CCCCOc1ccc(-c2ccccc2-c2ccc(F)cc2F)cc1. The standard InChI is InChI=1S/C22H20F2O/c1-2-3-14-25-18-11-8-16(9-12-18)19-6-4-5-7-20(19)21-13-10-17(23)15-22(21)24/h4-13,15H,2-3,14H2,1H3. The quantitative estimate of drug-likeness (QED) is 0.468. The first-order valence-electron chi connectivity index (χ1n) is 8.46. The maximum absolute atomic E-state index is 14.2. The fourth-order valence-corrected chi connectivity index (χ4v) is 2.74. The van der Waals surface area contributed by atoms with E-state index < -0.39 is 11.6 Å². The van der Waals surface area contributed by atoms with E-state index in [0.717, 1.165) is 41.3 Å². The van der Waals surface area contributed by atoms with E-state index in [-0.39, 0.29) is 0 Å². The smallest absolute Gasteiger partial charge is 0.133 e. The molecule has 1 nitrogen and oxygen atoms in total. The topological polar surface area (TPSA) is 9.23 Å². The predicted molar refractivity (Wildman–Crippen MR) is 97.6 cm³/mol. The lowest BCUT2D eigenvalue weighted by molar-refractivity contribution is 0.309. The summed E-state index contributed by atoms with van der Waals surface area (Å²) < 4.78 is 33.1. The number of halogens is 2. The highest BCUT2D eigenvalue weighted by Gasteiger charge is 2.12. The molecular weight excluding hydrogens is 318 g/mol. The van der Waals surface area contributed by atoms with Crippen molar-refractivity contribution in [3.05, 3.63) is 78.4 Å². The van der Waals surface area contributed by atoms with Gasteiger partial charge in [-0.15, -0.1) is 0 Å². The average molecular weight is 338 g/mol. The number of hydrogen-bond donors (Lipinski definition) is 0. The van der Waals surface area contributed by atoms with Crippen molar-refractivity contribution in [2.24, 2.45) is 0 Å². The Labute approximate surface area is 146 Å².